The second-order valence-corrected chi connectivity index (χ2v) is 8.61. The van der Waals surface area contributed by atoms with E-state index in [9.17, 15) is 19.7 Å². The van der Waals surface area contributed by atoms with Crippen LogP contribution in [0.15, 0.2) is 42.5 Å². The van der Waals surface area contributed by atoms with Gasteiger partial charge in [-0.15, -0.1) is 0 Å². The molecule has 1 aliphatic heterocycles. The Morgan fingerprint density at radius 3 is 2.56 bits per heavy atom. The summed E-state index contributed by atoms with van der Waals surface area (Å²) in [5, 5.41) is 13.9. The fourth-order valence-corrected chi connectivity index (χ4v) is 4.07. The Bertz CT molecular complexity index is 1030. The number of hydrogen-bond donors (Lipinski definition) is 1. The second kappa shape index (κ2) is 11.8. The average molecular weight is 489 g/mol. The van der Waals surface area contributed by atoms with Crippen LogP contribution >= 0.6 is 11.6 Å². The van der Waals surface area contributed by atoms with Crippen molar-refractivity contribution in [1.82, 2.24) is 9.80 Å². The van der Waals surface area contributed by atoms with Crippen LogP contribution in [-0.4, -0.2) is 65.9 Å². The number of aryl methyl sites for hydroxylation is 1. The molecule has 1 aliphatic rings. The maximum Gasteiger partial charge on any atom is 0.271 e. The SMILES string of the molecule is COc1ccc(CCC(=O)N2CCCN(C(C)C(=O)Nc3cc([N+](=O)[O-])ccc3Cl)CC2)cc1. The maximum absolute atomic E-state index is 12.8. The molecule has 0 aromatic heterocycles. The average Bonchev–Trinajstić information content (AvgIpc) is 3.10. The number of carbonyl (C=O) groups is 2. The number of non-ortho nitro benzene ring substituents is 1. The Labute approximate surface area is 203 Å². The van der Waals surface area contributed by atoms with Gasteiger partial charge in [0.05, 0.1) is 28.8 Å². The third-order valence-electron chi connectivity index (χ3n) is 6.02. The highest BCUT2D eigenvalue weighted by molar-refractivity contribution is 6.33. The molecule has 0 spiro atoms. The number of ether oxygens (including phenoxy) is 1. The Morgan fingerprint density at radius 1 is 1.15 bits per heavy atom. The summed E-state index contributed by atoms with van der Waals surface area (Å²) in [6, 6.07) is 11.1. The summed E-state index contributed by atoms with van der Waals surface area (Å²) in [6.07, 6.45) is 1.84. The summed E-state index contributed by atoms with van der Waals surface area (Å²) in [4.78, 5) is 39.9. The van der Waals surface area contributed by atoms with Crippen molar-refractivity contribution in [1.29, 1.82) is 0 Å². The molecule has 0 saturated carbocycles. The Hall–Kier alpha value is -3.17. The molecule has 1 unspecified atom stereocenters. The van der Waals surface area contributed by atoms with Gasteiger partial charge in [0, 0.05) is 44.7 Å². The molecule has 2 aromatic rings. The van der Waals surface area contributed by atoms with Crippen LogP contribution in [0.5, 0.6) is 5.75 Å². The van der Waals surface area contributed by atoms with Crippen molar-refractivity contribution in [2.24, 2.45) is 0 Å². The zero-order chi connectivity index (χ0) is 24.7. The first-order chi connectivity index (χ1) is 16.3. The lowest BCUT2D eigenvalue weighted by Gasteiger charge is -2.27. The molecule has 3 rings (SSSR count). The predicted molar refractivity (Wildman–Crippen MR) is 130 cm³/mol. The van der Waals surface area contributed by atoms with Gasteiger partial charge in [0.1, 0.15) is 5.75 Å². The Balaban J connectivity index is 1.52. The summed E-state index contributed by atoms with van der Waals surface area (Å²) >= 11 is 6.10. The molecule has 34 heavy (non-hydrogen) atoms. The third kappa shape index (κ3) is 6.68. The van der Waals surface area contributed by atoms with Crippen molar-refractivity contribution in [3.63, 3.8) is 0 Å². The predicted octanol–water partition coefficient (Wildman–Crippen LogP) is 3.75. The standard InChI is InChI=1S/C24H29ClN4O5/c1-17(24(31)26-22-16-19(29(32)33)7-10-21(22)25)27-12-3-13-28(15-14-27)23(30)11-6-18-4-8-20(34-2)9-5-18/h4-5,7-10,16-17H,3,6,11-15H2,1-2H3,(H,26,31). The van der Waals surface area contributed by atoms with Gasteiger partial charge in [-0.05, 0) is 43.5 Å². The number of hydrogen-bond acceptors (Lipinski definition) is 6. The van der Waals surface area contributed by atoms with E-state index < -0.39 is 11.0 Å². The summed E-state index contributed by atoms with van der Waals surface area (Å²) in [6.45, 7) is 4.19. The van der Waals surface area contributed by atoms with Gasteiger partial charge < -0.3 is 15.0 Å². The number of amides is 2. The summed E-state index contributed by atoms with van der Waals surface area (Å²) in [5.41, 5.74) is 1.14. The van der Waals surface area contributed by atoms with E-state index in [1.165, 1.54) is 18.2 Å². The second-order valence-electron chi connectivity index (χ2n) is 8.20. The van der Waals surface area contributed by atoms with E-state index in [1.807, 2.05) is 34.1 Å². The summed E-state index contributed by atoms with van der Waals surface area (Å²) < 4.78 is 5.16. The first-order valence-corrected chi connectivity index (χ1v) is 11.6. The largest absolute Gasteiger partial charge is 0.497 e. The van der Waals surface area contributed by atoms with Gasteiger partial charge >= 0.3 is 0 Å². The topological polar surface area (TPSA) is 105 Å². The lowest BCUT2D eigenvalue weighted by Crippen LogP contribution is -2.44. The molecular formula is C24H29ClN4O5. The first kappa shape index (κ1) is 25.5. The van der Waals surface area contributed by atoms with E-state index >= 15 is 0 Å². The van der Waals surface area contributed by atoms with E-state index in [1.54, 1.807) is 14.0 Å². The van der Waals surface area contributed by atoms with Gasteiger partial charge in [-0.3, -0.25) is 24.6 Å². The fraction of sp³-hybridized carbons (Fsp3) is 0.417. The van der Waals surface area contributed by atoms with Crippen molar-refractivity contribution < 1.29 is 19.2 Å². The molecule has 1 fully saturated rings. The number of anilines is 1. The van der Waals surface area contributed by atoms with Crippen molar-refractivity contribution in [3.05, 3.63) is 63.2 Å². The number of carbonyl (C=O) groups excluding carboxylic acids is 2. The van der Waals surface area contributed by atoms with Gasteiger partial charge in [0.15, 0.2) is 0 Å². The summed E-state index contributed by atoms with van der Waals surface area (Å²) in [7, 11) is 1.62. The van der Waals surface area contributed by atoms with Crippen LogP contribution in [-0.2, 0) is 16.0 Å². The number of halogens is 1. The molecule has 182 valence electrons. The van der Waals surface area contributed by atoms with Crippen molar-refractivity contribution in [2.75, 3.05) is 38.6 Å². The fourth-order valence-electron chi connectivity index (χ4n) is 3.90. The maximum atomic E-state index is 12.8. The quantitative estimate of drug-likeness (QED) is 0.448. The molecule has 10 heteroatoms. The monoisotopic (exact) mass is 488 g/mol. The van der Waals surface area contributed by atoms with E-state index in [2.05, 4.69) is 5.32 Å². The zero-order valence-electron chi connectivity index (χ0n) is 19.3. The van der Waals surface area contributed by atoms with Crippen LogP contribution in [0.3, 0.4) is 0 Å². The minimum atomic E-state index is -0.537. The van der Waals surface area contributed by atoms with E-state index in [0.717, 1.165) is 17.7 Å². The van der Waals surface area contributed by atoms with Gasteiger partial charge in [-0.25, -0.2) is 0 Å². The molecule has 0 radical (unpaired) electrons. The van der Waals surface area contributed by atoms with Crippen LogP contribution in [0.1, 0.15) is 25.3 Å². The Kier molecular flexibility index (Phi) is 8.84. The van der Waals surface area contributed by atoms with E-state index in [-0.39, 0.29) is 28.2 Å². The van der Waals surface area contributed by atoms with Crippen LogP contribution in [0.2, 0.25) is 5.02 Å². The van der Waals surface area contributed by atoms with Crippen molar-refractivity contribution in [2.45, 2.75) is 32.2 Å². The molecule has 0 aliphatic carbocycles. The highest BCUT2D eigenvalue weighted by atomic mass is 35.5. The minimum absolute atomic E-state index is 0.0955. The van der Waals surface area contributed by atoms with Crippen molar-refractivity contribution in [3.8, 4) is 5.75 Å². The summed E-state index contributed by atoms with van der Waals surface area (Å²) in [5.74, 6) is 0.577. The third-order valence-corrected chi connectivity index (χ3v) is 6.35. The number of nitro benzene ring substituents is 1. The molecule has 1 N–H and O–H groups in total. The smallest absolute Gasteiger partial charge is 0.271 e. The number of nitrogens with zero attached hydrogens (tertiary/aromatic N) is 3. The number of benzene rings is 2. The first-order valence-electron chi connectivity index (χ1n) is 11.2. The normalized spacial score (nSPS) is 15.3. The van der Waals surface area contributed by atoms with Gasteiger partial charge in [0.2, 0.25) is 11.8 Å². The molecule has 2 amide bonds. The lowest BCUT2D eigenvalue weighted by molar-refractivity contribution is -0.384. The van der Waals surface area contributed by atoms with Gasteiger partial charge in [-0.1, -0.05) is 23.7 Å². The van der Waals surface area contributed by atoms with E-state index in [0.29, 0.717) is 39.0 Å². The molecule has 0 bridgehead atoms. The Morgan fingerprint density at radius 2 is 1.88 bits per heavy atom. The van der Waals surface area contributed by atoms with Crippen LogP contribution in [0, 0.1) is 10.1 Å². The lowest BCUT2D eigenvalue weighted by atomic mass is 10.1. The molecule has 2 aromatic carbocycles. The van der Waals surface area contributed by atoms with Crippen molar-refractivity contribution >= 4 is 34.8 Å². The highest BCUT2D eigenvalue weighted by Gasteiger charge is 2.26. The molecule has 1 saturated heterocycles. The van der Waals surface area contributed by atoms with Gasteiger partial charge in [-0.2, -0.15) is 0 Å². The number of rotatable bonds is 8. The van der Waals surface area contributed by atoms with Crippen LogP contribution in [0.25, 0.3) is 0 Å². The number of methoxy groups -OCH3 is 1. The molecule has 9 nitrogen and oxygen atoms in total. The molecule has 1 atom stereocenters. The minimum Gasteiger partial charge on any atom is -0.497 e. The number of nitro groups is 1. The van der Waals surface area contributed by atoms with Crippen LogP contribution < -0.4 is 10.1 Å². The number of nitrogens with one attached hydrogen (secondary N) is 1. The zero-order valence-corrected chi connectivity index (χ0v) is 20.1. The van der Waals surface area contributed by atoms with Crippen LogP contribution in [0.4, 0.5) is 11.4 Å². The van der Waals surface area contributed by atoms with E-state index in [4.69, 9.17) is 16.3 Å². The molecule has 1 heterocycles. The highest BCUT2D eigenvalue weighted by Crippen LogP contribution is 2.27. The molecular weight excluding hydrogens is 460 g/mol. The van der Waals surface area contributed by atoms with Gasteiger partial charge in [0.25, 0.3) is 5.69 Å².